The molecule has 0 fully saturated rings. The van der Waals surface area contributed by atoms with Crippen molar-refractivity contribution in [1.82, 2.24) is 4.98 Å². The number of aryl methyl sites for hydroxylation is 1. The lowest BCUT2D eigenvalue weighted by atomic mass is 10.0. The molecule has 0 aliphatic heterocycles. The first-order chi connectivity index (χ1) is 9.74. The quantitative estimate of drug-likeness (QED) is 0.608. The van der Waals surface area contributed by atoms with Crippen molar-refractivity contribution >= 4 is 15.9 Å². The number of rotatable bonds is 2. The molecule has 1 heterocycles. The number of pyridine rings is 1. The van der Waals surface area contributed by atoms with Crippen molar-refractivity contribution in [3.63, 3.8) is 0 Å². The van der Waals surface area contributed by atoms with E-state index in [0.717, 1.165) is 21.4 Å². The van der Waals surface area contributed by atoms with Gasteiger partial charge in [-0.2, -0.15) is 0 Å². The third kappa shape index (κ3) is 2.66. The standard InChI is InChI=1S/C18H14BrN/c1-13-17(14-7-9-16(19)10-8-14)11-12-18(20-13)15-5-3-2-4-6-15/h2-12H,1H3. The number of hydrogen-bond acceptors (Lipinski definition) is 1. The van der Waals surface area contributed by atoms with Crippen LogP contribution >= 0.6 is 15.9 Å². The molecule has 0 unspecified atom stereocenters. The fourth-order valence-corrected chi connectivity index (χ4v) is 2.53. The highest BCUT2D eigenvalue weighted by molar-refractivity contribution is 9.10. The fourth-order valence-electron chi connectivity index (χ4n) is 2.27. The third-order valence-corrected chi connectivity index (χ3v) is 3.84. The zero-order valence-electron chi connectivity index (χ0n) is 11.2. The van der Waals surface area contributed by atoms with E-state index in [0.29, 0.717) is 0 Å². The van der Waals surface area contributed by atoms with Gasteiger partial charge in [0.25, 0.3) is 0 Å². The van der Waals surface area contributed by atoms with E-state index in [2.05, 4.69) is 71.4 Å². The van der Waals surface area contributed by atoms with Gasteiger partial charge in [-0.3, -0.25) is 4.98 Å². The average molecular weight is 324 g/mol. The van der Waals surface area contributed by atoms with Gasteiger partial charge in [-0.25, -0.2) is 0 Å². The minimum Gasteiger partial charge on any atom is -0.252 e. The summed E-state index contributed by atoms with van der Waals surface area (Å²) in [6, 6.07) is 22.8. The number of halogens is 1. The van der Waals surface area contributed by atoms with Crippen molar-refractivity contribution in [3.05, 3.63) is 76.9 Å². The maximum absolute atomic E-state index is 4.73. The largest absolute Gasteiger partial charge is 0.252 e. The van der Waals surface area contributed by atoms with E-state index in [-0.39, 0.29) is 0 Å². The highest BCUT2D eigenvalue weighted by Crippen LogP contribution is 2.26. The van der Waals surface area contributed by atoms with Gasteiger partial charge in [0, 0.05) is 21.3 Å². The molecular formula is C18H14BrN. The van der Waals surface area contributed by atoms with E-state index in [1.54, 1.807) is 0 Å². The normalized spacial score (nSPS) is 10.5. The fraction of sp³-hybridized carbons (Fsp3) is 0.0556. The molecule has 0 radical (unpaired) electrons. The first-order valence-electron chi connectivity index (χ1n) is 6.53. The van der Waals surface area contributed by atoms with Crippen LogP contribution < -0.4 is 0 Å². The third-order valence-electron chi connectivity index (χ3n) is 3.31. The molecule has 2 aromatic carbocycles. The summed E-state index contributed by atoms with van der Waals surface area (Å²) in [5.74, 6) is 0. The molecular weight excluding hydrogens is 310 g/mol. The molecule has 1 aromatic heterocycles. The predicted octanol–water partition coefficient (Wildman–Crippen LogP) is 5.49. The van der Waals surface area contributed by atoms with Gasteiger partial charge in [-0.15, -0.1) is 0 Å². The van der Waals surface area contributed by atoms with Crippen LogP contribution in [0.5, 0.6) is 0 Å². The van der Waals surface area contributed by atoms with Crippen molar-refractivity contribution in [3.8, 4) is 22.4 Å². The Bertz CT molecular complexity index is 718. The maximum Gasteiger partial charge on any atom is 0.0705 e. The van der Waals surface area contributed by atoms with Gasteiger partial charge in [0.2, 0.25) is 0 Å². The van der Waals surface area contributed by atoms with Crippen LogP contribution in [0.15, 0.2) is 71.2 Å². The molecule has 2 heteroatoms. The van der Waals surface area contributed by atoms with Crippen LogP contribution in [0.25, 0.3) is 22.4 Å². The molecule has 0 N–H and O–H groups in total. The summed E-state index contributed by atoms with van der Waals surface area (Å²) in [5, 5.41) is 0. The van der Waals surface area contributed by atoms with Gasteiger partial charge in [0.15, 0.2) is 0 Å². The first-order valence-corrected chi connectivity index (χ1v) is 7.32. The van der Waals surface area contributed by atoms with E-state index in [9.17, 15) is 0 Å². The van der Waals surface area contributed by atoms with Crippen LogP contribution in [-0.2, 0) is 0 Å². The van der Waals surface area contributed by atoms with Crippen molar-refractivity contribution < 1.29 is 0 Å². The molecule has 3 rings (SSSR count). The number of aromatic nitrogens is 1. The summed E-state index contributed by atoms with van der Waals surface area (Å²) in [6.07, 6.45) is 0. The minimum atomic E-state index is 1.02. The van der Waals surface area contributed by atoms with E-state index >= 15 is 0 Å². The zero-order chi connectivity index (χ0) is 13.9. The Hall–Kier alpha value is -1.93. The number of hydrogen-bond donors (Lipinski definition) is 0. The second kappa shape index (κ2) is 5.59. The Balaban J connectivity index is 2.02. The van der Waals surface area contributed by atoms with Gasteiger partial charge in [0.1, 0.15) is 0 Å². The lowest BCUT2D eigenvalue weighted by Gasteiger charge is -2.08. The monoisotopic (exact) mass is 323 g/mol. The lowest BCUT2D eigenvalue weighted by Crippen LogP contribution is -1.91. The molecule has 0 aliphatic rings. The van der Waals surface area contributed by atoms with Gasteiger partial charge in [0.05, 0.1) is 5.69 Å². The smallest absolute Gasteiger partial charge is 0.0705 e. The van der Waals surface area contributed by atoms with Gasteiger partial charge < -0.3 is 0 Å². The van der Waals surface area contributed by atoms with Crippen molar-refractivity contribution in [2.24, 2.45) is 0 Å². The van der Waals surface area contributed by atoms with E-state index in [1.165, 1.54) is 11.1 Å². The number of nitrogens with zero attached hydrogens (tertiary/aromatic N) is 1. The second-order valence-corrected chi connectivity index (χ2v) is 5.62. The summed E-state index contributed by atoms with van der Waals surface area (Å²) >= 11 is 3.46. The summed E-state index contributed by atoms with van der Waals surface area (Å²) in [6.45, 7) is 2.06. The lowest BCUT2D eigenvalue weighted by molar-refractivity contribution is 1.21. The molecule has 0 amide bonds. The molecule has 0 saturated heterocycles. The van der Waals surface area contributed by atoms with Crippen LogP contribution in [0, 0.1) is 6.92 Å². The van der Waals surface area contributed by atoms with Gasteiger partial charge >= 0.3 is 0 Å². The summed E-state index contributed by atoms with van der Waals surface area (Å²) < 4.78 is 1.09. The Morgan fingerprint density at radius 2 is 1.45 bits per heavy atom. The molecule has 1 nitrogen and oxygen atoms in total. The Morgan fingerprint density at radius 1 is 0.750 bits per heavy atom. The molecule has 0 saturated carbocycles. The van der Waals surface area contributed by atoms with E-state index in [1.807, 2.05) is 18.2 Å². The maximum atomic E-state index is 4.73. The van der Waals surface area contributed by atoms with Crippen LogP contribution in [0.4, 0.5) is 0 Å². The van der Waals surface area contributed by atoms with Crippen LogP contribution in [-0.4, -0.2) is 4.98 Å². The second-order valence-electron chi connectivity index (χ2n) is 4.70. The van der Waals surface area contributed by atoms with Gasteiger partial charge in [-0.1, -0.05) is 64.5 Å². The Morgan fingerprint density at radius 3 is 2.10 bits per heavy atom. The highest BCUT2D eigenvalue weighted by Gasteiger charge is 2.05. The average Bonchev–Trinajstić information content (AvgIpc) is 2.49. The van der Waals surface area contributed by atoms with Gasteiger partial charge in [-0.05, 0) is 30.7 Å². The molecule has 3 aromatic rings. The van der Waals surface area contributed by atoms with Crippen molar-refractivity contribution in [1.29, 1.82) is 0 Å². The highest BCUT2D eigenvalue weighted by atomic mass is 79.9. The zero-order valence-corrected chi connectivity index (χ0v) is 12.8. The molecule has 0 atom stereocenters. The summed E-state index contributed by atoms with van der Waals surface area (Å²) in [4.78, 5) is 4.73. The molecule has 98 valence electrons. The first kappa shape index (κ1) is 13.1. The molecule has 0 bridgehead atoms. The van der Waals surface area contributed by atoms with E-state index in [4.69, 9.17) is 4.98 Å². The van der Waals surface area contributed by atoms with Crippen LogP contribution in [0.3, 0.4) is 0 Å². The van der Waals surface area contributed by atoms with E-state index < -0.39 is 0 Å². The summed E-state index contributed by atoms with van der Waals surface area (Å²) in [7, 11) is 0. The van der Waals surface area contributed by atoms with Crippen molar-refractivity contribution in [2.75, 3.05) is 0 Å². The topological polar surface area (TPSA) is 12.9 Å². The molecule has 20 heavy (non-hydrogen) atoms. The molecule has 0 aliphatic carbocycles. The SMILES string of the molecule is Cc1nc(-c2ccccc2)ccc1-c1ccc(Br)cc1. The van der Waals surface area contributed by atoms with Crippen LogP contribution in [0.1, 0.15) is 5.69 Å². The Kier molecular flexibility index (Phi) is 3.66. The predicted molar refractivity (Wildman–Crippen MR) is 87.5 cm³/mol. The number of benzene rings is 2. The molecule has 0 spiro atoms. The van der Waals surface area contributed by atoms with Crippen LogP contribution in [0.2, 0.25) is 0 Å². The summed E-state index contributed by atoms with van der Waals surface area (Å²) in [5.41, 5.74) is 5.59. The Labute approximate surface area is 127 Å². The van der Waals surface area contributed by atoms with Crippen molar-refractivity contribution in [2.45, 2.75) is 6.92 Å². The minimum absolute atomic E-state index is 1.02.